The number of H-pyrrole nitrogens is 1. The highest BCUT2D eigenvalue weighted by Crippen LogP contribution is 2.46. The van der Waals surface area contributed by atoms with E-state index in [0.29, 0.717) is 56.9 Å². The number of benzene rings is 1. The van der Waals surface area contributed by atoms with Crippen LogP contribution in [0.15, 0.2) is 36.7 Å². The van der Waals surface area contributed by atoms with E-state index in [4.69, 9.17) is 4.98 Å². The number of fused-ring (bicyclic) bond motifs is 5. The minimum atomic E-state index is -0.440. The molecule has 0 spiro atoms. The van der Waals surface area contributed by atoms with Gasteiger partial charge in [-0.1, -0.05) is 6.92 Å². The maximum Gasteiger partial charge on any atom is 0.270 e. The smallest absolute Gasteiger partial charge is 0.270 e. The van der Waals surface area contributed by atoms with Gasteiger partial charge in [-0.3, -0.25) is 10.1 Å². The number of nitro groups is 1. The van der Waals surface area contributed by atoms with E-state index >= 15 is 0 Å². The van der Waals surface area contributed by atoms with E-state index in [-0.39, 0.29) is 11.7 Å². The molecule has 0 saturated heterocycles. The van der Waals surface area contributed by atoms with Crippen LogP contribution in [0.1, 0.15) is 32.6 Å². The lowest BCUT2D eigenvalue weighted by molar-refractivity contribution is -0.384. The lowest BCUT2D eigenvalue weighted by Gasteiger charge is -2.47. The Morgan fingerprint density at radius 1 is 1.12 bits per heavy atom. The average Bonchev–Trinajstić information content (AvgIpc) is 3.24. The van der Waals surface area contributed by atoms with Crippen molar-refractivity contribution in [2.75, 3.05) is 5.32 Å². The first-order valence-corrected chi connectivity index (χ1v) is 11.3. The zero-order valence-corrected chi connectivity index (χ0v) is 18.1. The van der Waals surface area contributed by atoms with Crippen molar-refractivity contribution in [2.24, 2.45) is 17.8 Å². The highest BCUT2D eigenvalue weighted by atomic mass is 19.1. The number of aromatic nitrogens is 4. The lowest BCUT2D eigenvalue weighted by atomic mass is 9.62. The Hall–Kier alpha value is -3.62. The fourth-order valence-electron chi connectivity index (χ4n) is 5.78. The molecule has 2 unspecified atom stereocenters. The number of nitrogens with one attached hydrogen (secondary N) is 2. The van der Waals surface area contributed by atoms with Gasteiger partial charge in [-0.05, 0) is 55.6 Å². The van der Waals surface area contributed by atoms with Gasteiger partial charge in [0.05, 0.1) is 16.6 Å². The number of hydrogen-bond acceptors (Lipinski definition) is 6. The Bertz CT molecular complexity index is 1390. The Morgan fingerprint density at radius 3 is 2.67 bits per heavy atom. The van der Waals surface area contributed by atoms with Crippen molar-refractivity contribution in [3.8, 4) is 11.4 Å². The Balaban J connectivity index is 1.51. The zero-order chi connectivity index (χ0) is 22.7. The molecular formula is C24H23FN6O2. The number of rotatable bonds is 4. The fraction of sp³-hybridized carbons (Fsp3) is 0.375. The van der Waals surface area contributed by atoms with Gasteiger partial charge in [-0.25, -0.2) is 19.3 Å². The predicted molar refractivity (Wildman–Crippen MR) is 123 cm³/mol. The fourth-order valence-corrected chi connectivity index (χ4v) is 5.78. The van der Waals surface area contributed by atoms with Gasteiger partial charge in [0.1, 0.15) is 17.3 Å². The van der Waals surface area contributed by atoms with Gasteiger partial charge >= 0.3 is 0 Å². The van der Waals surface area contributed by atoms with Gasteiger partial charge in [0, 0.05) is 40.7 Å². The maximum absolute atomic E-state index is 13.9. The molecule has 33 heavy (non-hydrogen) atoms. The molecule has 4 aromatic rings. The molecule has 3 aromatic heterocycles. The van der Waals surface area contributed by atoms with Crippen LogP contribution in [0.2, 0.25) is 0 Å². The van der Waals surface area contributed by atoms with E-state index in [0.717, 1.165) is 6.20 Å². The summed E-state index contributed by atoms with van der Waals surface area (Å²) in [5.41, 5.74) is 1.78. The number of aromatic amines is 1. The van der Waals surface area contributed by atoms with Crippen molar-refractivity contribution < 1.29 is 9.31 Å². The second kappa shape index (κ2) is 7.47. The quantitative estimate of drug-likeness (QED) is 0.318. The molecule has 168 valence electrons. The molecule has 8 nitrogen and oxygen atoms in total. The number of anilines is 1. The highest BCUT2D eigenvalue weighted by Gasteiger charge is 2.41. The highest BCUT2D eigenvalue weighted by molar-refractivity contribution is 5.96. The third kappa shape index (κ3) is 3.30. The minimum Gasteiger partial charge on any atom is -0.366 e. The molecule has 1 aromatic carbocycles. The monoisotopic (exact) mass is 446 g/mol. The Morgan fingerprint density at radius 2 is 1.91 bits per heavy atom. The number of nitrogens with zero attached hydrogens (tertiary/aromatic N) is 4. The molecule has 2 N–H and O–H groups in total. The molecule has 3 aliphatic carbocycles. The van der Waals surface area contributed by atoms with Crippen LogP contribution in [0.3, 0.4) is 0 Å². The number of pyridine rings is 1. The SMILES string of the molecule is CC1C2CCC(CC2)C1Nc1nc(-c2c[nH]c3ncc(F)cc23)nc2ccc([N+](=O)[O-])cc12. The van der Waals surface area contributed by atoms with Crippen LogP contribution in [-0.2, 0) is 0 Å². The molecule has 7 rings (SSSR count). The number of non-ortho nitro benzene ring substituents is 1. The minimum absolute atomic E-state index is 0.00141. The van der Waals surface area contributed by atoms with Gasteiger partial charge in [0.15, 0.2) is 5.82 Å². The van der Waals surface area contributed by atoms with Gasteiger partial charge in [-0.2, -0.15) is 0 Å². The predicted octanol–water partition coefficient (Wildman–Crippen LogP) is 5.46. The molecule has 3 saturated carbocycles. The third-order valence-electron chi connectivity index (χ3n) is 7.57. The van der Waals surface area contributed by atoms with Crippen LogP contribution < -0.4 is 5.32 Å². The third-order valence-corrected chi connectivity index (χ3v) is 7.57. The van der Waals surface area contributed by atoms with Crippen LogP contribution in [0, 0.1) is 33.7 Å². The van der Waals surface area contributed by atoms with Crippen molar-refractivity contribution in [2.45, 2.75) is 38.6 Å². The summed E-state index contributed by atoms with van der Waals surface area (Å²) in [5.74, 6) is 2.31. The van der Waals surface area contributed by atoms with E-state index in [9.17, 15) is 14.5 Å². The molecule has 3 heterocycles. The van der Waals surface area contributed by atoms with Crippen molar-refractivity contribution >= 4 is 33.4 Å². The van der Waals surface area contributed by atoms with E-state index in [2.05, 4.69) is 27.2 Å². The van der Waals surface area contributed by atoms with Crippen molar-refractivity contribution in [3.05, 3.63) is 52.6 Å². The molecule has 2 atom stereocenters. The van der Waals surface area contributed by atoms with Gasteiger partial charge in [0.25, 0.3) is 5.69 Å². The molecule has 0 aliphatic heterocycles. The number of hydrogen-bond donors (Lipinski definition) is 2. The largest absolute Gasteiger partial charge is 0.366 e. The van der Waals surface area contributed by atoms with Gasteiger partial charge < -0.3 is 10.3 Å². The first kappa shape index (κ1) is 20.0. The van der Waals surface area contributed by atoms with Crippen molar-refractivity contribution in [3.63, 3.8) is 0 Å². The molecular weight excluding hydrogens is 423 g/mol. The van der Waals surface area contributed by atoms with Crippen LogP contribution in [0.4, 0.5) is 15.9 Å². The summed E-state index contributed by atoms with van der Waals surface area (Å²) >= 11 is 0. The summed E-state index contributed by atoms with van der Waals surface area (Å²) in [6.45, 7) is 2.29. The second-order valence-electron chi connectivity index (χ2n) is 9.31. The van der Waals surface area contributed by atoms with Crippen molar-refractivity contribution in [1.82, 2.24) is 19.9 Å². The van der Waals surface area contributed by atoms with E-state index < -0.39 is 10.7 Å². The molecule has 9 heteroatoms. The van der Waals surface area contributed by atoms with Crippen LogP contribution in [0.25, 0.3) is 33.3 Å². The maximum atomic E-state index is 13.9. The van der Waals surface area contributed by atoms with E-state index in [1.807, 2.05) is 0 Å². The number of halogens is 1. The number of nitro benzene ring substituents is 1. The first-order chi connectivity index (χ1) is 16.0. The lowest BCUT2D eigenvalue weighted by Crippen LogP contribution is -2.47. The molecule has 0 radical (unpaired) electrons. The standard InChI is InChI=1S/C24H23FN6O2/c1-12-13-2-4-14(5-3-13)21(12)29-23-18-9-16(31(32)33)6-7-20(18)28-24(30-23)19-11-27-22-17(19)8-15(25)10-26-22/h6-14,21H,2-5H2,1H3,(H,26,27)(H,28,29,30). The summed E-state index contributed by atoms with van der Waals surface area (Å²) in [4.78, 5) is 27.7. The van der Waals surface area contributed by atoms with E-state index in [1.165, 1.54) is 43.9 Å². The summed E-state index contributed by atoms with van der Waals surface area (Å²) < 4.78 is 13.9. The molecule has 0 amide bonds. The summed E-state index contributed by atoms with van der Waals surface area (Å²) in [7, 11) is 0. The summed E-state index contributed by atoms with van der Waals surface area (Å²) in [6, 6.07) is 6.29. The molecule has 3 aliphatic rings. The average molecular weight is 446 g/mol. The topological polar surface area (TPSA) is 110 Å². The molecule has 2 bridgehead atoms. The van der Waals surface area contributed by atoms with Gasteiger partial charge in [0.2, 0.25) is 0 Å². The normalized spacial score (nSPS) is 24.4. The van der Waals surface area contributed by atoms with Crippen LogP contribution in [0.5, 0.6) is 0 Å². The Kier molecular flexibility index (Phi) is 4.53. The van der Waals surface area contributed by atoms with E-state index in [1.54, 1.807) is 12.3 Å². The van der Waals surface area contributed by atoms with Crippen molar-refractivity contribution in [1.29, 1.82) is 0 Å². The Labute approximate surface area is 188 Å². The first-order valence-electron chi connectivity index (χ1n) is 11.3. The summed E-state index contributed by atoms with van der Waals surface area (Å²) in [6.07, 6.45) is 7.79. The second-order valence-corrected chi connectivity index (χ2v) is 9.31. The molecule has 3 fully saturated rings. The van der Waals surface area contributed by atoms with Gasteiger partial charge in [-0.15, -0.1) is 0 Å². The van der Waals surface area contributed by atoms with Crippen LogP contribution >= 0.6 is 0 Å². The zero-order valence-electron chi connectivity index (χ0n) is 18.1. The summed E-state index contributed by atoms with van der Waals surface area (Å²) in [5, 5.41) is 16.3. The van der Waals surface area contributed by atoms with Crippen LogP contribution in [-0.4, -0.2) is 30.9 Å².